The summed E-state index contributed by atoms with van der Waals surface area (Å²) in [7, 11) is 0. The lowest BCUT2D eigenvalue weighted by Crippen LogP contribution is -2.21. The van der Waals surface area contributed by atoms with Crippen LogP contribution in [0.3, 0.4) is 0 Å². The molecule has 1 N–H and O–H groups in total. The van der Waals surface area contributed by atoms with Crippen molar-refractivity contribution >= 4 is 17.5 Å². The zero-order chi connectivity index (χ0) is 9.84. The molecule has 1 heterocycles. The standard InChI is InChI=1S/C10H19NOS/c1-7(2)6-8(3)10-9(11-12)4-5-13-10/h7-8,10,12H,4-6H2,1-3H3. The molecular formula is C10H19NOS. The molecule has 1 aliphatic rings. The van der Waals surface area contributed by atoms with Gasteiger partial charge in [0.2, 0.25) is 0 Å². The molecule has 1 saturated heterocycles. The van der Waals surface area contributed by atoms with Crippen molar-refractivity contribution in [3.8, 4) is 0 Å². The molecule has 0 aromatic carbocycles. The Labute approximate surface area is 84.8 Å². The van der Waals surface area contributed by atoms with Crippen LogP contribution in [0.4, 0.5) is 0 Å². The fourth-order valence-corrected chi connectivity index (χ4v) is 3.37. The Kier molecular flexibility index (Phi) is 4.10. The summed E-state index contributed by atoms with van der Waals surface area (Å²) in [4.78, 5) is 0. The van der Waals surface area contributed by atoms with Gasteiger partial charge in [-0.25, -0.2) is 0 Å². The SMILES string of the molecule is CC(C)CC(C)C1SCCC1=NO. The van der Waals surface area contributed by atoms with E-state index in [1.807, 2.05) is 11.8 Å². The van der Waals surface area contributed by atoms with Crippen LogP contribution in [-0.4, -0.2) is 21.9 Å². The van der Waals surface area contributed by atoms with E-state index in [0.29, 0.717) is 11.2 Å². The maximum absolute atomic E-state index is 8.79. The van der Waals surface area contributed by atoms with E-state index in [2.05, 4.69) is 25.9 Å². The molecule has 2 nitrogen and oxygen atoms in total. The second-order valence-corrected chi connectivity index (χ2v) is 5.49. The first-order valence-electron chi connectivity index (χ1n) is 4.97. The Morgan fingerprint density at radius 2 is 2.23 bits per heavy atom. The van der Waals surface area contributed by atoms with Crippen molar-refractivity contribution in [1.29, 1.82) is 0 Å². The molecule has 1 aliphatic heterocycles. The first-order chi connectivity index (χ1) is 6.15. The first-order valence-corrected chi connectivity index (χ1v) is 6.02. The van der Waals surface area contributed by atoms with Gasteiger partial charge in [0.25, 0.3) is 0 Å². The van der Waals surface area contributed by atoms with E-state index < -0.39 is 0 Å². The van der Waals surface area contributed by atoms with Crippen molar-refractivity contribution in [3.63, 3.8) is 0 Å². The van der Waals surface area contributed by atoms with Crippen LogP contribution in [0.25, 0.3) is 0 Å². The van der Waals surface area contributed by atoms with Gasteiger partial charge in [0.05, 0.1) is 5.71 Å². The molecule has 13 heavy (non-hydrogen) atoms. The van der Waals surface area contributed by atoms with E-state index in [1.54, 1.807) is 0 Å². The number of nitrogens with zero attached hydrogens (tertiary/aromatic N) is 1. The van der Waals surface area contributed by atoms with Crippen molar-refractivity contribution in [2.75, 3.05) is 5.75 Å². The highest BCUT2D eigenvalue weighted by Gasteiger charge is 2.29. The van der Waals surface area contributed by atoms with Gasteiger partial charge in [0.1, 0.15) is 0 Å². The van der Waals surface area contributed by atoms with Gasteiger partial charge in [0, 0.05) is 5.25 Å². The van der Waals surface area contributed by atoms with Crippen LogP contribution < -0.4 is 0 Å². The van der Waals surface area contributed by atoms with Crippen LogP contribution >= 0.6 is 11.8 Å². The van der Waals surface area contributed by atoms with Crippen LogP contribution in [0, 0.1) is 11.8 Å². The predicted octanol–water partition coefficient (Wildman–Crippen LogP) is 3.00. The van der Waals surface area contributed by atoms with Gasteiger partial charge in [-0.3, -0.25) is 0 Å². The summed E-state index contributed by atoms with van der Waals surface area (Å²) in [5.74, 6) is 2.49. The molecule has 2 atom stereocenters. The molecule has 2 unspecified atom stereocenters. The van der Waals surface area contributed by atoms with Crippen LogP contribution in [0.15, 0.2) is 5.16 Å². The number of thioether (sulfide) groups is 1. The predicted molar refractivity (Wildman–Crippen MR) is 58.7 cm³/mol. The van der Waals surface area contributed by atoms with Crippen molar-refractivity contribution in [2.45, 2.75) is 38.9 Å². The largest absolute Gasteiger partial charge is 0.411 e. The first kappa shape index (κ1) is 10.9. The third-order valence-corrected chi connectivity index (χ3v) is 4.01. The van der Waals surface area contributed by atoms with E-state index in [0.717, 1.165) is 23.8 Å². The lowest BCUT2D eigenvalue weighted by molar-refractivity contribution is 0.315. The van der Waals surface area contributed by atoms with E-state index in [1.165, 1.54) is 6.42 Å². The molecule has 0 aliphatic carbocycles. The average Bonchev–Trinajstić information content (AvgIpc) is 2.49. The second-order valence-electron chi connectivity index (χ2n) is 4.24. The monoisotopic (exact) mass is 201 g/mol. The summed E-state index contributed by atoms with van der Waals surface area (Å²) >= 11 is 1.93. The Bertz CT molecular complexity index is 191. The van der Waals surface area contributed by atoms with Gasteiger partial charge in [-0.2, -0.15) is 11.8 Å². The quantitative estimate of drug-likeness (QED) is 0.562. The van der Waals surface area contributed by atoms with Crippen molar-refractivity contribution in [3.05, 3.63) is 0 Å². The molecule has 0 amide bonds. The highest BCUT2D eigenvalue weighted by Crippen LogP contribution is 2.33. The van der Waals surface area contributed by atoms with Gasteiger partial charge in [-0.05, 0) is 30.4 Å². The minimum atomic E-state index is 0.465. The van der Waals surface area contributed by atoms with Crippen LogP contribution in [0.1, 0.15) is 33.6 Å². The number of oxime groups is 1. The maximum Gasteiger partial charge on any atom is 0.0711 e. The Balaban J connectivity index is 2.50. The fourth-order valence-electron chi connectivity index (χ4n) is 2.00. The normalized spacial score (nSPS) is 28.6. The van der Waals surface area contributed by atoms with Gasteiger partial charge < -0.3 is 5.21 Å². The molecular weight excluding hydrogens is 182 g/mol. The van der Waals surface area contributed by atoms with E-state index in [-0.39, 0.29) is 0 Å². The zero-order valence-corrected chi connectivity index (χ0v) is 9.47. The van der Waals surface area contributed by atoms with Gasteiger partial charge in [-0.1, -0.05) is 25.9 Å². The van der Waals surface area contributed by atoms with Gasteiger partial charge in [0.15, 0.2) is 0 Å². The van der Waals surface area contributed by atoms with Gasteiger partial charge >= 0.3 is 0 Å². The van der Waals surface area contributed by atoms with Crippen LogP contribution in [0.5, 0.6) is 0 Å². The number of rotatable bonds is 3. The van der Waals surface area contributed by atoms with Crippen molar-refractivity contribution in [2.24, 2.45) is 17.0 Å². The molecule has 1 rings (SSSR count). The topological polar surface area (TPSA) is 32.6 Å². The smallest absolute Gasteiger partial charge is 0.0711 e. The molecule has 0 spiro atoms. The lowest BCUT2D eigenvalue weighted by atomic mass is 9.93. The zero-order valence-electron chi connectivity index (χ0n) is 8.66. The highest BCUT2D eigenvalue weighted by atomic mass is 32.2. The summed E-state index contributed by atoms with van der Waals surface area (Å²) in [5, 5.41) is 12.7. The summed E-state index contributed by atoms with van der Waals surface area (Å²) in [6.45, 7) is 6.74. The van der Waals surface area contributed by atoms with Crippen LogP contribution in [-0.2, 0) is 0 Å². The van der Waals surface area contributed by atoms with E-state index >= 15 is 0 Å². The molecule has 76 valence electrons. The Morgan fingerprint density at radius 1 is 1.54 bits per heavy atom. The average molecular weight is 201 g/mol. The maximum atomic E-state index is 8.79. The van der Waals surface area contributed by atoms with Gasteiger partial charge in [-0.15, -0.1) is 0 Å². The third-order valence-electron chi connectivity index (χ3n) is 2.47. The molecule has 1 fully saturated rings. The molecule has 3 heteroatoms. The van der Waals surface area contributed by atoms with Crippen molar-refractivity contribution < 1.29 is 5.21 Å². The minimum Gasteiger partial charge on any atom is -0.411 e. The Hall–Kier alpha value is -0.180. The number of hydrogen-bond donors (Lipinski definition) is 1. The van der Waals surface area contributed by atoms with E-state index in [4.69, 9.17) is 5.21 Å². The summed E-state index contributed by atoms with van der Waals surface area (Å²) in [6.07, 6.45) is 2.19. The second kappa shape index (κ2) is 4.89. The van der Waals surface area contributed by atoms with Crippen LogP contribution in [0.2, 0.25) is 0 Å². The van der Waals surface area contributed by atoms with E-state index in [9.17, 15) is 0 Å². The molecule has 0 saturated carbocycles. The Morgan fingerprint density at radius 3 is 2.77 bits per heavy atom. The number of hydrogen-bond acceptors (Lipinski definition) is 3. The summed E-state index contributed by atoms with van der Waals surface area (Å²) < 4.78 is 0. The molecule has 0 aromatic rings. The molecule has 0 bridgehead atoms. The highest BCUT2D eigenvalue weighted by molar-refractivity contribution is 8.01. The summed E-state index contributed by atoms with van der Waals surface area (Å²) in [5.41, 5.74) is 0.998. The minimum absolute atomic E-state index is 0.465. The van der Waals surface area contributed by atoms with Crippen molar-refractivity contribution in [1.82, 2.24) is 0 Å². The molecule has 0 aromatic heterocycles. The third kappa shape index (κ3) is 2.90. The lowest BCUT2D eigenvalue weighted by Gasteiger charge is -2.20. The fraction of sp³-hybridized carbons (Fsp3) is 0.900. The molecule has 0 radical (unpaired) electrons. The summed E-state index contributed by atoms with van der Waals surface area (Å²) in [6, 6.07) is 0.